The lowest BCUT2D eigenvalue weighted by Gasteiger charge is -2.20. The van der Waals surface area contributed by atoms with E-state index in [1.807, 2.05) is 42.6 Å². The van der Waals surface area contributed by atoms with E-state index in [1.54, 1.807) is 46.6 Å². The quantitative estimate of drug-likeness (QED) is 0.311. The molecule has 1 atom stereocenters. The number of amides is 2. The fraction of sp³-hybridized carbons (Fsp3) is 0.222. The standard InChI is InChI=1S/C27H29N3O5/c1-32-18-10-12-24(33-2)23(14-18)30-27(31)29-15-20(17-9-11-25(34-3)26(13-17)35-4)21-16-28-22-8-6-5-7-19(21)22/h5-14,16,20,28H,15H2,1-4H3,(H2,29,30,31). The molecule has 0 fully saturated rings. The Balaban J connectivity index is 1.62. The normalized spacial score (nSPS) is 11.5. The van der Waals surface area contributed by atoms with Gasteiger partial charge in [-0.2, -0.15) is 0 Å². The summed E-state index contributed by atoms with van der Waals surface area (Å²) in [6.45, 7) is 0.343. The molecule has 2 amide bonds. The van der Waals surface area contributed by atoms with Crippen molar-refractivity contribution in [3.05, 3.63) is 78.0 Å². The Morgan fingerprint density at radius 2 is 1.60 bits per heavy atom. The first kappa shape index (κ1) is 23.8. The molecule has 4 aromatic rings. The Morgan fingerprint density at radius 3 is 2.34 bits per heavy atom. The Kier molecular flexibility index (Phi) is 7.30. The summed E-state index contributed by atoms with van der Waals surface area (Å²) in [5, 5.41) is 6.95. The number of carbonyl (C=O) groups excluding carboxylic acids is 1. The summed E-state index contributed by atoms with van der Waals surface area (Å²) in [5.74, 6) is 2.27. The molecule has 0 aliphatic heterocycles. The topological polar surface area (TPSA) is 93.8 Å². The minimum atomic E-state index is -0.359. The molecular formula is C27H29N3O5. The number of aromatic nitrogens is 1. The number of hydrogen-bond donors (Lipinski definition) is 3. The Bertz CT molecular complexity index is 1320. The van der Waals surface area contributed by atoms with Crippen molar-refractivity contribution in [3.63, 3.8) is 0 Å². The van der Waals surface area contributed by atoms with Gasteiger partial charge < -0.3 is 34.6 Å². The van der Waals surface area contributed by atoms with Gasteiger partial charge >= 0.3 is 6.03 Å². The van der Waals surface area contributed by atoms with Gasteiger partial charge in [-0.05, 0) is 41.5 Å². The first-order valence-corrected chi connectivity index (χ1v) is 11.1. The predicted molar refractivity (Wildman–Crippen MR) is 136 cm³/mol. The predicted octanol–water partition coefficient (Wildman–Crippen LogP) is 5.16. The van der Waals surface area contributed by atoms with Gasteiger partial charge in [0.25, 0.3) is 0 Å². The molecule has 3 aromatic carbocycles. The maximum absolute atomic E-state index is 12.9. The number of anilines is 1. The minimum Gasteiger partial charge on any atom is -0.497 e. The number of urea groups is 1. The zero-order valence-corrected chi connectivity index (χ0v) is 20.2. The molecule has 0 bridgehead atoms. The molecule has 0 saturated carbocycles. The van der Waals surface area contributed by atoms with E-state index in [2.05, 4.69) is 21.7 Å². The number of hydrogen-bond acceptors (Lipinski definition) is 5. The molecule has 1 unspecified atom stereocenters. The van der Waals surface area contributed by atoms with E-state index in [0.717, 1.165) is 22.0 Å². The van der Waals surface area contributed by atoms with Crippen molar-refractivity contribution in [2.45, 2.75) is 5.92 Å². The minimum absolute atomic E-state index is 0.149. The van der Waals surface area contributed by atoms with Crippen LogP contribution < -0.4 is 29.6 Å². The van der Waals surface area contributed by atoms with Crippen LogP contribution in [0.1, 0.15) is 17.0 Å². The third kappa shape index (κ3) is 5.11. The van der Waals surface area contributed by atoms with Crippen molar-refractivity contribution in [2.24, 2.45) is 0 Å². The molecule has 8 heteroatoms. The highest BCUT2D eigenvalue weighted by atomic mass is 16.5. The highest BCUT2D eigenvalue weighted by molar-refractivity contribution is 5.91. The molecule has 0 aliphatic carbocycles. The number of H-pyrrole nitrogens is 1. The summed E-state index contributed by atoms with van der Waals surface area (Å²) >= 11 is 0. The van der Waals surface area contributed by atoms with Gasteiger partial charge in [0, 0.05) is 35.6 Å². The van der Waals surface area contributed by atoms with Crippen molar-refractivity contribution < 1.29 is 23.7 Å². The number of ether oxygens (including phenoxy) is 4. The molecule has 0 aliphatic rings. The molecule has 1 aromatic heterocycles. The summed E-state index contributed by atoms with van der Waals surface area (Å²) in [6, 6.07) is 18.7. The number of nitrogens with one attached hydrogen (secondary N) is 3. The van der Waals surface area contributed by atoms with E-state index in [-0.39, 0.29) is 11.9 Å². The van der Waals surface area contributed by atoms with Crippen LogP contribution >= 0.6 is 0 Å². The SMILES string of the molecule is COc1ccc(OC)c(NC(=O)NCC(c2ccc(OC)c(OC)c2)c2c[nH]c3ccccc23)c1. The summed E-state index contributed by atoms with van der Waals surface area (Å²) < 4.78 is 21.6. The van der Waals surface area contributed by atoms with Crippen molar-refractivity contribution in [1.29, 1.82) is 0 Å². The average molecular weight is 476 g/mol. The van der Waals surface area contributed by atoms with Crippen LogP contribution in [0.4, 0.5) is 10.5 Å². The van der Waals surface area contributed by atoms with Crippen LogP contribution in [0, 0.1) is 0 Å². The zero-order valence-electron chi connectivity index (χ0n) is 20.2. The first-order valence-electron chi connectivity index (χ1n) is 11.1. The number of rotatable bonds is 9. The molecule has 0 radical (unpaired) electrons. The summed E-state index contributed by atoms with van der Waals surface area (Å²) in [7, 11) is 6.33. The molecule has 182 valence electrons. The maximum Gasteiger partial charge on any atom is 0.319 e. The van der Waals surface area contributed by atoms with Crippen molar-refractivity contribution in [2.75, 3.05) is 40.3 Å². The monoisotopic (exact) mass is 475 g/mol. The van der Waals surface area contributed by atoms with Crippen LogP contribution in [0.3, 0.4) is 0 Å². The molecule has 8 nitrogen and oxygen atoms in total. The fourth-order valence-corrected chi connectivity index (χ4v) is 4.13. The van der Waals surface area contributed by atoms with E-state index in [0.29, 0.717) is 35.2 Å². The average Bonchev–Trinajstić information content (AvgIpc) is 3.32. The highest BCUT2D eigenvalue weighted by Gasteiger charge is 2.21. The number of aromatic amines is 1. The first-order chi connectivity index (χ1) is 17.1. The Morgan fingerprint density at radius 1 is 0.857 bits per heavy atom. The van der Waals surface area contributed by atoms with Gasteiger partial charge in [0.05, 0.1) is 34.1 Å². The molecule has 0 spiro atoms. The van der Waals surface area contributed by atoms with E-state index >= 15 is 0 Å². The van der Waals surface area contributed by atoms with Gasteiger partial charge in [-0.3, -0.25) is 0 Å². The van der Waals surface area contributed by atoms with E-state index in [4.69, 9.17) is 18.9 Å². The highest BCUT2D eigenvalue weighted by Crippen LogP contribution is 2.36. The third-order valence-corrected chi connectivity index (χ3v) is 5.93. The van der Waals surface area contributed by atoms with Crippen molar-refractivity contribution >= 4 is 22.6 Å². The van der Waals surface area contributed by atoms with E-state index in [9.17, 15) is 4.79 Å². The van der Waals surface area contributed by atoms with Crippen LogP contribution in [-0.2, 0) is 0 Å². The van der Waals surface area contributed by atoms with Crippen LogP contribution in [0.2, 0.25) is 0 Å². The lowest BCUT2D eigenvalue weighted by molar-refractivity contribution is 0.251. The summed E-state index contributed by atoms with van der Waals surface area (Å²) in [4.78, 5) is 16.2. The molecule has 4 rings (SSSR count). The fourth-order valence-electron chi connectivity index (χ4n) is 4.13. The second-order valence-corrected chi connectivity index (χ2v) is 7.86. The molecular weight excluding hydrogens is 446 g/mol. The third-order valence-electron chi connectivity index (χ3n) is 5.93. The number of para-hydroxylation sites is 1. The van der Waals surface area contributed by atoms with Crippen LogP contribution in [0.15, 0.2) is 66.9 Å². The van der Waals surface area contributed by atoms with Crippen LogP contribution in [-0.4, -0.2) is 46.0 Å². The van der Waals surface area contributed by atoms with Gasteiger partial charge in [0.15, 0.2) is 11.5 Å². The second-order valence-electron chi connectivity index (χ2n) is 7.86. The Labute approximate surface area is 204 Å². The van der Waals surface area contributed by atoms with Crippen LogP contribution in [0.25, 0.3) is 10.9 Å². The lowest BCUT2D eigenvalue weighted by Crippen LogP contribution is -2.32. The lowest BCUT2D eigenvalue weighted by atomic mass is 9.90. The van der Waals surface area contributed by atoms with Gasteiger partial charge in [-0.25, -0.2) is 4.79 Å². The molecule has 3 N–H and O–H groups in total. The zero-order chi connectivity index (χ0) is 24.8. The maximum atomic E-state index is 12.9. The summed E-state index contributed by atoms with van der Waals surface area (Å²) in [6.07, 6.45) is 1.98. The van der Waals surface area contributed by atoms with Crippen LogP contribution in [0.5, 0.6) is 23.0 Å². The number of methoxy groups -OCH3 is 4. The van der Waals surface area contributed by atoms with Crippen molar-refractivity contribution in [3.8, 4) is 23.0 Å². The second kappa shape index (κ2) is 10.7. The van der Waals surface area contributed by atoms with Gasteiger partial charge in [-0.1, -0.05) is 24.3 Å². The number of carbonyl (C=O) groups is 1. The number of fused-ring (bicyclic) bond motifs is 1. The van der Waals surface area contributed by atoms with Gasteiger partial charge in [-0.15, -0.1) is 0 Å². The van der Waals surface area contributed by atoms with Gasteiger partial charge in [0.1, 0.15) is 11.5 Å². The number of benzene rings is 3. The van der Waals surface area contributed by atoms with E-state index in [1.165, 1.54) is 0 Å². The molecule has 0 saturated heterocycles. The molecule has 35 heavy (non-hydrogen) atoms. The smallest absolute Gasteiger partial charge is 0.319 e. The van der Waals surface area contributed by atoms with Gasteiger partial charge in [0.2, 0.25) is 0 Å². The molecule has 1 heterocycles. The summed E-state index contributed by atoms with van der Waals surface area (Å²) in [5.41, 5.74) is 3.58. The Hall–Kier alpha value is -4.33. The van der Waals surface area contributed by atoms with E-state index < -0.39 is 0 Å². The van der Waals surface area contributed by atoms with Crippen molar-refractivity contribution in [1.82, 2.24) is 10.3 Å². The largest absolute Gasteiger partial charge is 0.497 e.